The first kappa shape index (κ1) is 27.9. The van der Waals surface area contributed by atoms with E-state index >= 15 is 0 Å². The van der Waals surface area contributed by atoms with E-state index < -0.39 is 5.25 Å². The molecule has 0 spiro atoms. The lowest BCUT2D eigenvalue weighted by atomic mass is 10.1. The van der Waals surface area contributed by atoms with Crippen molar-refractivity contribution in [3.8, 4) is 17.2 Å². The Kier molecular flexibility index (Phi) is 9.30. The van der Waals surface area contributed by atoms with Gasteiger partial charge in [-0.25, -0.2) is 0 Å². The van der Waals surface area contributed by atoms with Crippen molar-refractivity contribution in [3.05, 3.63) is 103 Å². The third-order valence-corrected chi connectivity index (χ3v) is 7.60. The molecule has 38 heavy (non-hydrogen) atoms. The van der Waals surface area contributed by atoms with Gasteiger partial charge in [0, 0.05) is 15.6 Å². The van der Waals surface area contributed by atoms with E-state index in [1.54, 1.807) is 12.1 Å². The number of hydrogen-bond acceptors (Lipinski definition) is 7. The zero-order valence-corrected chi connectivity index (χ0v) is 24.2. The van der Waals surface area contributed by atoms with E-state index in [-0.39, 0.29) is 18.1 Å². The smallest absolute Gasteiger partial charge is 0.220 e. The molecular formula is C27H26BrClN4O4S. The highest BCUT2D eigenvalue weighted by molar-refractivity contribution is 9.10. The first-order valence-corrected chi connectivity index (χ1v) is 13.9. The number of aryl methyl sites for hydroxylation is 2. The molecule has 0 bridgehead atoms. The molecule has 0 saturated heterocycles. The van der Waals surface area contributed by atoms with E-state index in [1.165, 1.54) is 11.8 Å². The predicted molar refractivity (Wildman–Crippen MR) is 152 cm³/mol. The molecule has 11 heteroatoms. The van der Waals surface area contributed by atoms with Gasteiger partial charge in [0.05, 0.1) is 11.1 Å². The van der Waals surface area contributed by atoms with Gasteiger partial charge in [0.2, 0.25) is 6.54 Å². The van der Waals surface area contributed by atoms with Crippen LogP contribution in [0.25, 0.3) is 5.69 Å². The van der Waals surface area contributed by atoms with Gasteiger partial charge in [-0.15, -0.1) is 10.2 Å². The van der Waals surface area contributed by atoms with E-state index in [1.807, 2.05) is 73.9 Å². The molecule has 1 atom stereocenters. The van der Waals surface area contributed by atoms with Crippen molar-refractivity contribution >= 4 is 39.3 Å². The normalized spacial score (nSPS) is 11.8. The fourth-order valence-corrected chi connectivity index (χ4v) is 5.86. The number of thioether (sulfide) groups is 1. The highest BCUT2D eigenvalue weighted by Crippen LogP contribution is 2.43. The number of hydrogen-bond donors (Lipinski definition) is 0. The summed E-state index contributed by atoms with van der Waals surface area (Å²) in [5.41, 5.74) is 3.60. The van der Waals surface area contributed by atoms with Crippen molar-refractivity contribution in [2.45, 2.75) is 37.8 Å². The Morgan fingerprint density at radius 3 is 2.61 bits per heavy atom. The highest BCUT2D eigenvalue weighted by atomic mass is 79.9. The Labute approximate surface area is 238 Å². The number of halogens is 2. The molecule has 8 nitrogen and oxygen atoms in total. The number of benzene rings is 3. The summed E-state index contributed by atoms with van der Waals surface area (Å²) in [4.78, 5) is 11.4. The molecule has 0 radical (unpaired) electrons. The molecule has 0 N–H and O–H groups in total. The Bertz CT molecular complexity index is 1450. The summed E-state index contributed by atoms with van der Waals surface area (Å²) >= 11 is 11.0. The van der Waals surface area contributed by atoms with Gasteiger partial charge in [0.15, 0.2) is 16.7 Å². The van der Waals surface area contributed by atoms with Crippen molar-refractivity contribution in [2.24, 2.45) is 0 Å². The lowest BCUT2D eigenvalue weighted by molar-refractivity contribution is -0.479. The van der Waals surface area contributed by atoms with Gasteiger partial charge in [-0.3, -0.25) is 14.7 Å². The van der Waals surface area contributed by atoms with Crippen molar-refractivity contribution in [1.82, 2.24) is 14.8 Å². The molecule has 1 aromatic heterocycles. The SMILES string of the molecule is CCOc1cc([C@@H](C[N+](=O)[O-])Sc2nnc(C)n2-c2cccc(C)c2)cc(Br)c1OCc1cccc(Cl)c1. The van der Waals surface area contributed by atoms with Crippen LogP contribution >= 0.6 is 39.3 Å². The first-order valence-electron chi connectivity index (χ1n) is 11.9. The van der Waals surface area contributed by atoms with Crippen LogP contribution in [0, 0.1) is 24.0 Å². The van der Waals surface area contributed by atoms with Crippen LogP contribution in [0.2, 0.25) is 5.02 Å². The standard InChI is InChI=1S/C27H26BrClN4O4S/c1-4-36-24-14-20(13-23(28)26(24)37-16-19-8-6-9-21(29)12-19)25(15-32(34)35)38-27-31-30-18(3)33(27)22-10-5-7-17(2)11-22/h5-14,25H,4,15-16H2,1-3H3/t25-/m1/s1. The lowest BCUT2D eigenvalue weighted by Crippen LogP contribution is -2.12. The fraction of sp³-hybridized carbons (Fsp3) is 0.259. The molecule has 4 aromatic rings. The summed E-state index contributed by atoms with van der Waals surface area (Å²) in [6.45, 7) is 6.11. The quantitative estimate of drug-likeness (QED) is 0.0984. The summed E-state index contributed by atoms with van der Waals surface area (Å²) in [6.07, 6.45) is 0. The third kappa shape index (κ3) is 6.86. The molecule has 4 rings (SSSR count). The number of ether oxygens (including phenoxy) is 2. The van der Waals surface area contributed by atoms with Crippen LogP contribution in [0.5, 0.6) is 11.5 Å². The number of nitrogens with zero attached hydrogens (tertiary/aromatic N) is 4. The summed E-state index contributed by atoms with van der Waals surface area (Å²) in [7, 11) is 0. The Balaban J connectivity index is 1.67. The van der Waals surface area contributed by atoms with Gasteiger partial charge < -0.3 is 9.47 Å². The van der Waals surface area contributed by atoms with Gasteiger partial charge in [-0.2, -0.15) is 0 Å². The second-order valence-electron chi connectivity index (χ2n) is 8.51. The Morgan fingerprint density at radius 1 is 1.11 bits per heavy atom. The minimum absolute atomic E-state index is 0.282. The van der Waals surface area contributed by atoms with Crippen LogP contribution < -0.4 is 9.47 Å². The molecule has 3 aromatic carbocycles. The van der Waals surface area contributed by atoms with Crippen molar-refractivity contribution < 1.29 is 14.4 Å². The minimum Gasteiger partial charge on any atom is -0.490 e. The molecule has 0 amide bonds. The van der Waals surface area contributed by atoms with E-state index in [9.17, 15) is 10.1 Å². The molecule has 0 aliphatic rings. The van der Waals surface area contributed by atoms with Crippen molar-refractivity contribution in [1.29, 1.82) is 0 Å². The van der Waals surface area contributed by atoms with E-state index in [4.69, 9.17) is 21.1 Å². The molecule has 0 unspecified atom stereocenters. The summed E-state index contributed by atoms with van der Waals surface area (Å²) in [5, 5.41) is 20.9. The largest absolute Gasteiger partial charge is 0.490 e. The van der Waals surface area contributed by atoms with E-state index in [0.29, 0.717) is 44.1 Å². The zero-order chi connectivity index (χ0) is 27.2. The van der Waals surface area contributed by atoms with Crippen LogP contribution in [0.4, 0.5) is 0 Å². The zero-order valence-electron chi connectivity index (χ0n) is 21.1. The van der Waals surface area contributed by atoms with Gasteiger partial charge in [-0.05, 0) is 89.8 Å². The van der Waals surface area contributed by atoms with Gasteiger partial charge in [-0.1, -0.05) is 47.6 Å². The first-order chi connectivity index (χ1) is 18.2. The Morgan fingerprint density at radius 2 is 1.89 bits per heavy atom. The fourth-order valence-electron chi connectivity index (χ4n) is 3.92. The Hall–Kier alpha value is -3.08. The maximum absolute atomic E-state index is 11.7. The second kappa shape index (κ2) is 12.6. The average molecular weight is 618 g/mol. The van der Waals surface area contributed by atoms with Crippen LogP contribution in [-0.4, -0.2) is 32.8 Å². The van der Waals surface area contributed by atoms with E-state index in [0.717, 1.165) is 16.8 Å². The van der Waals surface area contributed by atoms with Crippen LogP contribution in [-0.2, 0) is 6.61 Å². The molecule has 0 fully saturated rings. The molecule has 1 heterocycles. The monoisotopic (exact) mass is 616 g/mol. The maximum Gasteiger partial charge on any atom is 0.220 e. The van der Waals surface area contributed by atoms with E-state index in [2.05, 4.69) is 26.1 Å². The second-order valence-corrected chi connectivity index (χ2v) is 11.0. The minimum atomic E-state index is -0.561. The van der Waals surface area contributed by atoms with Gasteiger partial charge in [0.25, 0.3) is 0 Å². The van der Waals surface area contributed by atoms with Crippen LogP contribution in [0.3, 0.4) is 0 Å². The van der Waals surface area contributed by atoms with Gasteiger partial charge in [0.1, 0.15) is 17.7 Å². The summed E-state index contributed by atoms with van der Waals surface area (Å²) in [6, 6.07) is 19.0. The number of nitro groups is 1. The number of aromatic nitrogens is 3. The average Bonchev–Trinajstić information content (AvgIpc) is 3.22. The lowest BCUT2D eigenvalue weighted by Gasteiger charge is -2.19. The van der Waals surface area contributed by atoms with Gasteiger partial charge >= 0.3 is 0 Å². The predicted octanol–water partition coefficient (Wildman–Crippen LogP) is 7.39. The molecule has 198 valence electrons. The summed E-state index contributed by atoms with van der Waals surface area (Å²) in [5.74, 6) is 1.70. The molecule has 0 aliphatic heterocycles. The topological polar surface area (TPSA) is 92.3 Å². The molecular weight excluding hydrogens is 592 g/mol. The van der Waals surface area contributed by atoms with Crippen molar-refractivity contribution in [2.75, 3.05) is 13.2 Å². The van der Waals surface area contributed by atoms with Crippen molar-refractivity contribution in [3.63, 3.8) is 0 Å². The highest BCUT2D eigenvalue weighted by Gasteiger charge is 2.26. The third-order valence-electron chi connectivity index (χ3n) is 5.59. The molecule has 0 saturated carbocycles. The van der Waals surface area contributed by atoms with Crippen LogP contribution in [0.1, 0.15) is 34.7 Å². The molecule has 0 aliphatic carbocycles. The number of rotatable bonds is 11. The maximum atomic E-state index is 11.7. The summed E-state index contributed by atoms with van der Waals surface area (Å²) < 4.78 is 14.5. The van der Waals surface area contributed by atoms with Crippen LogP contribution in [0.15, 0.2) is 70.3 Å².